The van der Waals surface area contributed by atoms with Crippen LogP contribution in [0.1, 0.15) is 43.7 Å². The smallest absolute Gasteiger partial charge is 0.161 e. The van der Waals surface area contributed by atoms with Crippen molar-refractivity contribution >= 4 is 0 Å². The second kappa shape index (κ2) is 16.7. The molecule has 36 heavy (non-hydrogen) atoms. The quantitative estimate of drug-likeness (QED) is 0.225. The summed E-state index contributed by atoms with van der Waals surface area (Å²) < 4.78 is 11.5. The fraction of sp³-hybridized carbons (Fsp3) is 0.419. The summed E-state index contributed by atoms with van der Waals surface area (Å²) in [6.07, 6.45) is 4.12. The molecule has 0 fully saturated rings. The van der Waals surface area contributed by atoms with E-state index in [-0.39, 0.29) is 6.61 Å². The second-order valence-electron chi connectivity index (χ2n) is 9.14. The Morgan fingerprint density at radius 2 is 1.36 bits per heavy atom. The minimum atomic E-state index is -0.578. The maximum Gasteiger partial charge on any atom is 0.161 e. The molecule has 3 rings (SSSR count). The summed E-state index contributed by atoms with van der Waals surface area (Å²) in [6, 6.07) is 28.6. The first-order valence-corrected chi connectivity index (χ1v) is 13.3. The van der Waals surface area contributed by atoms with Gasteiger partial charge in [-0.2, -0.15) is 0 Å². The van der Waals surface area contributed by atoms with Gasteiger partial charge in [-0.25, -0.2) is 0 Å². The van der Waals surface area contributed by atoms with Crippen LogP contribution in [-0.2, 0) is 13.1 Å². The summed E-state index contributed by atoms with van der Waals surface area (Å²) in [5, 5.41) is 14.3. The van der Waals surface area contributed by atoms with E-state index in [4.69, 9.17) is 9.47 Å². The Morgan fingerprint density at radius 1 is 0.750 bits per heavy atom. The average Bonchev–Trinajstić information content (AvgIpc) is 2.91. The summed E-state index contributed by atoms with van der Waals surface area (Å²) in [5.41, 5.74) is 2.59. The van der Waals surface area contributed by atoms with Crippen LogP contribution in [0, 0.1) is 0 Å². The van der Waals surface area contributed by atoms with E-state index in [0.29, 0.717) is 24.7 Å². The van der Waals surface area contributed by atoms with Gasteiger partial charge in [0.15, 0.2) is 11.5 Å². The number of aliphatic hydroxyl groups is 1. The topological polar surface area (TPSA) is 54.0 Å². The zero-order valence-electron chi connectivity index (χ0n) is 21.6. The lowest BCUT2D eigenvalue weighted by Crippen LogP contribution is -2.36. The maximum absolute atomic E-state index is 10.8. The molecule has 5 nitrogen and oxygen atoms in total. The van der Waals surface area contributed by atoms with Crippen LogP contribution in [0.25, 0.3) is 0 Å². The summed E-state index contributed by atoms with van der Waals surface area (Å²) in [6.45, 7) is 7.10. The number of ether oxygens (including phenoxy) is 2. The molecule has 0 aliphatic rings. The highest BCUT2D eigenvalue weighted by Crippen LogP contribution is 2.26. The Balaban J connectivity index is 1.39. The van der Waals surface area contributed by atoms with Crippen molar-refractivity contribution in [2.45, 2.75) is 51.8 Å². The van der Waals surface area contributed by atoms with Crippen molar-refractivity contribution in [3.05, 3.63) is 96.1 Å². The zero-order chi connectivity index (χ0) is 25.3. The molecule has 3 aromatic carbocycles. The number of unbranched alkanes of at least 4 members (excludes halogenated alkanes) is 3. The van der Waals surface area contributed by atoms with E-state index >= 15 is 0 Å². The minimum Gasteiger partial charge on any atom is -0.490 e. The first kappa shape index (κ1) is 27.7. The van der Waals surface area contributed by atoms with Crippen molar-refractivity contribution in [2.24, 2.45) is 0 Å². The number of benzene rings is 3. The Morgan fingerprint density at radius 3 is 2.06 bits per heavy atom. The fourth-order valence-corrected chi connectivity index (χ4v) is 4.22. The molecule has 1 atom stereocenters. The van der Waals surface area contributed by atoms with Crippen molar-refractivity contribution in [3.8, 4) is 11.5 Å². The van der Waals surface area contributed by atoms with Gasteiger partial charge in [0, 0.05) is 19.6 Å². The summed E-state index contributed by atoms with van der Waals surface area (Å²) in [7, 11) is 0. The molecular weight excluding hydrogens is 448 g/mol. The van der Waals surface area contributed by atoms with E-state index in [2.05, 4.69) is 64.8 Å². The van der Waals surface area contributed by atoms with Crippen LogP contribution in [-0.4, -0.2) is 49.0 Å². The van der Waals surface area contributed by atoms with Crippen molar-refractivity contribution in [2.75, 3.05) is 32.8 Å². The third kappa shape index (κ3) is 10.8. The largest absolute Gasteiger partial charge is 0.490 e. The Bertz CT molecular complexity index is 952. The first-order valence-electron chi connectivity index (χ1n) is 13.3. The molecule has 0 saturated carbocycles. The van der Waals surface area contributed by atoms with E-state index in [9.17, 15) is 5.11 Å². The molecule has 0 aromatic heterocycles. The fourth-order valence-electron chi connectivity index (χ4n) is 4.22. The third-order valence-corrected chi connectivity index (χ3v) is 6.05. The van der Waals surface area contributed by atoms with E-state index in [0.717, 1.165) is 32.6 Å². The predicted molar refractivity (Wildman–Crippen MR) is 147 cm³/mol. The molecule has 5 heteroatoms. The molecule has 0 radical (unpaired) electrons. The minimum absolute atomic E-state index is 0.239. The van der Waals surface area contributed by atoms with Gasteiger partial charge in [0.2, 0.25) is 0 Å². The molecule has 1 unspecified atom stereocenters. The normalized spacial score (nSPS) is 12.0. The van der Waals surface area contributed by atoms with Gasteiger partial charge in [-0.05, 0) is 56.1 Å². The Kier molecular flexibility index (Phi) is 12.9. The number of nitrogens with zero attached hydrogens (tertiary/aromatic N) is 1. The van der Waals surface area contributed by atoms with Crippen LogP contribution in [0.3, 0.4) is 0 Å². The molecule has 0 bridgehead atoms. The molecule has 0 amide bonds. The highest BCUT2D eigenvalue weighted by atomic mass is 16.5. The summed E-state index contributed by atoms with van der Waals surface area (Å²) in [5.74, 6) is 1.39. The van der Waals surface area contributed by atoms with E-state index < -0.39 is 6.10 Å². The molecule has 2 N–H and O–H groups in total. The van der Waals surface area contributed by atoms with Crippen LogP contribution in [0.15, 0.2) is 84.9 Å². The van der Waals surface area contributed by atoms with Gasteiger partial charge in [0.25, 0.3) is 0 Å². The van der Waals surface area contributed by atoms with Crippen LogP contribution in [0.5, 0.6) is 11.5 Å². The SMILES string of the molecule is CCOc1ccccc1OCC(O)CN(CCCCCCNCc1ccccc1)Cc1ccccc1. The zero-order valence-corrected chi connectivity index (χ0v) is 21.6. The summed E-state index contributed by atoms with van der Waals surface area (Å²) in [4.78, 5) is 2.34. The van der Waals surface area contributed by atoms with Crippen molar-refractivity contribution < 1.29 is 14.6 Å². The number of hydrogen-bond donors (Lipinski definition) is 2. The van der Waals surface area contributed by atoms with Crippen LogP contribution < -0.4 is 14.8 Å². The van der Waals surface area contributed by atoms with Gasteiger partial charge >= 0.3 is 0 Å². The Hall–Kier alpha value is -2.86. The highest BCUT2D eigenvalue weighted by Gasteiger charge is 2.14. The second-order valence-corrected chi connectivity index (χ2v) is 9.14. The van der Waals surface area contributed by atoms with Gasteiger partial charge in [0.1, 0.15) is 12.7 Å². The molecule has 0 spiro atoms. The van der Waals surface area contributed by atoms with Gasteiger partial charge in [0.05, 0.1) is 6.61 Å². The number of nitrogens with one attached hydrogen (secondary N) is 1. The van der Waals surface area contributed by atoms with Crippen molar-refractivity contribution in [1.82, 2.24) is 10.2 Å². The monoisotopic (exact) mass is 490 g/mol. The van der Waals surface area contributed by atoms with Crippen LogP contribution >= 0.6 is 0 Å². The van der Waals surface area contributed by atoms with Crippen LogP contribution in [0.2, 0.25) is 0 Å². The number of rotatable bonds is 18. The van der Waals surface area contributed by atoms with Crippen molar-refractivity contribution in [3.63, 3.8) is 0 Å². The number of para-hydroxylation sites is 2. The van der Waals surface area contributed by atoms with Gasteiger partial charge in [-0.15, -0.1) is 0 Å². The predicted octanol–water partition coefficient (Wildman–Crippen LogP) is 5.68. The Labute approximate surface area is 217 Å². The number of aliphatic hydroxyl groups excluding tert-OH is 1. The lowest BCUT2D eigenvalue weighted by molar-refractivity contribution is 0.0637. The molecular formula is C31H42N2O3. The molecule has 0 aliphatic heterocycles. The molecule has 0 heterocycles. The van der Waals surface area contributed by atoms with Gasteiger partial charge < -0.3 is 19.9 Å². The molecule has 194 valence electrons. The standard InChI is InChI=1S/C31H42N2O3/c1-2-35-30-19-11-12-20-31(30)36-26-29(34)25-33(24-28-17-9-6-10-18-28)22-14-4-3-13-21-32-23-27-15-7-5-8-16-27/h5-12,15-20,29,32,34H,2-4,13-14,21-26H2,1H3. The lowest BCUT2D eigenvalue weighted by atomic mass is 10.1. The van der Waals surface area contributed by atoms with E-state index in [1.54, 1.807) is 0 Å². The molecule has 0 saturated heterocycles. The van der Waals surface area contributed by atoms with E-state index in [1.807, 2.05) is 37.3 Å². The first-order chi connectivity index (χ1) is 17.7. The maximum atomic E-state index is 10.8. The summed E-state index contributed by atoms with van der Waals surface area (Å²) >= 11 is 0. The lowest BCUT2D eigenvalue weighted by Gasteiger charge is -2.25. The molecule has 0 aliphatic carbocycles. The van der Waals surface area contributed by atoms with Gasteiger partial charge in [-0.3, -0.25) is 4.90 Å². The number of hydrogen-bond acceptors (Lipinski definition) is 5. The van der Waals surface area contributed by atoms with Crippen LogP contribution in [0.4, 0.5) is 0 Å². The van der Waals surface area contributed by atoms with E-state index in [1.165, 1.54) is 30.4 Å². The van der Waals surface area contributed by atoms with Gasteiger partial charge in [-0.1, -0.05) is 85.6 Å². The third-order valence-electron chi connectivity index (χ3n) is 6.05. The average molecular weight is 491 g/mol. The highest BCUT2D eigenvalue weighted by molar-refractivity contribution is 5.39. The molecule has 3 aromatic rings. The van der Waals surface area contributed by atoms with Crippen molar-refractivity contribution in [1.29, 1.82) is 0 Å².